The number of methoxy groups -OCH3 is 1. The van der Waals surface area contributed by atoms with Crippen LogP contribution in [0.2, 0.25) is 0 Å². The lowest BCUT2D eigenvalue weighted by molar-refractivity contribution is -0.118. The largest absolute Gasteiger partial charge is 0.496 e. The highest BCUT2D eigenvalue weighted by molar-refractivity contribution is 5.95. The first kappa shape index (κ1) is 16.7. The summed E-state index contributed by atoms with van der Waals surface area (Å²) in [7, 11) is 1.59. The van der Waals surface area contributed by atoms with E-state index in [9.17, 15) is 4.79 Å². The SMILES string of the molecule is COc1ccccc1-c1noc(-c2ccccc2NC(=O)C(C)C)n1. The molecular formula is C19H19N3O3. The fourth-order valence-electron chi connectivity index (χ4n) is 2.33. The van der Waals surface area contributed by atoms with Crippen LogP contribution in [0.15, 0.2) is 53.1 Å². The minimum atomic E-state index is -0.125. The number of carbonyl (C=O) groups is 1. The molecule has 0 aliphatic heterocycles. The van der Waals surface area contributed by atoms with Crippen LogP contribution < -0.4 is 10.1 Å². The molecule has 0 radical (unpaired) electrons. The van der Waals surface area contributed by atoms with Crippen LogP contribution in [0.5, 0.6) is 5.75 Å². The molecule has 1 amide bonds. The maximum absolute atomic E-state index is 12.0. The van der Waals surface area contributed by atoms with Crippen molar-refractivity contribution in [2.24, 2.45) is 5.92 Å². The van der Waals surface area contributed by atoms with E-state index in [1.807, 2.05) is 62.4 Å². The summed E-state index contributed by atoms with van der Waals surface area (Å²) in [5.74, 6) is 1.23. The lowest BCUT2D eigenvalue weighted by Crippen LogP contribution is -2.18. The summed E-state index contributed by atoms with van der Waals surface area (Å²) in [5.41, 5.74) is 2.05. The quantitative estimate of drug-likeness (QED) is 0.761. The zero-order chi connectivity index (χ0) is 17.8. The molecule has 0 saturated heterocycles. The molecule has 1 N–H and O–H groups in total. The van der Waals surface area contributed by atoms with Crippen LogP contribution in [0.4, 0.5) is 5.69 Å². The Kier molecular flexibility index (Phi) is 4.79. The Hall–Kier alpha value is -3.15. The molecule has 6 nitrogen and oxygen atoms in total. The molecule has 0 saturated carbocycles. The Morgan fingerprint density at radius 1 is 1.08 bits per heavy atom. The van der Waals surface area contributed by atoms with E-state index in [1.54, 1.807) is 7.11 Å². The van der Waals surface area contributed by atoms with Crippen molar-refractivity contribution in [3.63, 3.8) is 0 Å². The third-order valence-electron chi connectivity index (χ3n) is 3.71. The van der Waals surface area contributed by atoms with Crippen molar-refractivity contribution in [3.05, 3.63) is 48.5 Å². The summed E-state index contributed by atoms with van der Waals surface area (Å²) in [6, 6.07) is 14.8. The van der Waals surface area contributed by atoms with Crippen LogP contribution in [-0.2, 0) is 4.79 Å². The van der Waals surface area contributed by atoms with Crippen molar-refractivity contribution in [3.8, 4) is 28.6 Å². The van der Waals surface area contributed by atoms with Gasteiger partial charge in [-0.1, -0.05) is 43.3 Å². The van der Waals surface area contributed by atoms with Gasteiger partial charge in [0.25, 0.3) is 5.89 Å². The van der Waals surface area contributed by atoms with Crippen LogP contribution in [0.1, 0.15) is 13.8 Å². The maximum atomic E-state index is 12.0. The average Bonchev–Trinajstić information content (AvgIpc) is 3.11. The van der Waals surface area contributed by atoms with Crippen LogP contribution in [0.3, 0.4) is 0 Å². The van der Waals surface area contributed by atoms with E-state index in [2.05, 4.69) is 15.5 Å². The molecule has 3 aromatic rings. The van der Waals surface area contributed by atoms with Gasteiger partial charge in [-0.3, -0.25) is 4.79 Å². The summed E-state index contributed by atoms with van der Waals surface area (Å²) < 4.78 is 10.8. The molecule has 1 heterocycles. The fraction of sp³-hybridized carbons (Fsp3) is 0.211. The molecule has 25 heavy (non-hydrogen) atoms. The van der Waals surface area contributed by atoms with E-state index in [0.717, 1.165) is 5.56 Å². The Bertz CT molecular complexity index is 887. The molecule has 6 heteroatoms. The van der Waals surface area contributed by atoms with E-state index >= 15 is 0 Å². The summed E-state index contributed by atoms with van der Waals surface area (Å²) in [4.78, 5) is 16.5. The van der Waals surface area contributed by atoms with Gasteiger partial charge in [0.15, 0.2) is 0 Å². The van der Waals surface area contributed by atoms with Gasteiger partial charge in [0.05, 0.1) is 23.9 Å². The van der Waals surface area contributed by atoms with Gasteiger partial charge in [0.2, 0.25) is 11.7 Å². The molecule has 1 aromatic heterocycles. The summed E-state index contributed by atoms with van der Waals surface area (Å²) >= 11 is 0. The maximum Gasteiger partial charge on any atom is 0.260 e. The second kappa shape index (κ2) is 7.17. The van der Waals surface area contributed by atoms with Gasteiger partial charge in [-0.05, 0) is 24.3 Å². The van der Waals surface area contributed by atoms with Gasteiger partial charge in [0.1, 0.15) is 5.75 Å². The van der Waals surface area contributed by atoms with Crippen LogP contribution in [0, 0.1) is 5.92 Å². The molecule has 0 atom stereocenters. The third kappa shape index (κ3) is 3.52. The first-order chi connectivity index (χ1) is 12.1. The van der Waals surface area contributed by atoms with Crippen molar-refractivity contribution in [1.82, 2.24) is 10.1 Å². The average molecular weight is 337 g/mol. The molecule has 0 unspecified atom stereocenters. The van der Waals surface area contributed by atoms with Crippen molar-refractivity contribution in [1.29, 1.82) is 0 Å². The standard InChI is InChI=1S/C19H19N3O3/c1-12(2)18(23)20-15-10-6-4-8-13(15)19-21-17(22-25-19)14-9-5-7-11-16(14)24-3/h4-12H,1-3H3,(H,20,23). The molecule has 0 fully saturated rings. The van der Waals surface area contributed by atoms with Crippen molar-refractivity contribution in [2.45, 2.75) is 13.8 Å². The highest BCUT2D eigenvalue weighted by Gasteiger charge is 2.17. The third-order valence-corrected chi connectivity index (χ3v) is 3.71. The Labute approximate surface area is 145 Å². The molecule has 128 valence electrons. The van der Waals surface area contributed by atoms with Gasteiger partial charge in [-0.2, -0.15) is 4.98 Å². The molecule has 0 aliphatic carbocycles. The molecule has 0 spiro atoms. The van der Waals surface area contributed by atoms with Gasteiger partial charge in [-0.15, -0.1) is 0 Å². The van der Waals surface area contributed by atoms with Crippen LogP contribution >= 0.6 is 0 Å². The van der Waals surface area contributed by atoms with Gasteiger partial charge in [-0.25, -0.2) is 0 Å². The number of nitrogens with one attached hydrogen (secondary N) is 1. The topological polar surface area (TPSA) is 77.3 Å². The number of benzene rings is 2. The molecule has 0 aliphatic rings. The number of carbonyl (C=O) groups excluding carboxylic acids is 1. The minimum absolute atomic E-state index is 0.0723. The first-order valence-corrected chi connectivity index (χ1v) is 7.97. The smallest absolute Gasteiger partial charge is 0.260 e. The number of hydrogen-bond donors (Lipinski definition) is 1. The fourth-order valence-corrected chi connectivity index (χ4v) is 2.33. The normalized spacial score (nSPS) is 10.7. The van der Waals surface area contributed by atoms with E-state index in [4.69, 9.17) is 9.26 Å². The summed E-state index contributed by atoms with van der Waals surface area (Å²) in [5, 5.41) is 6.94. The molecule has 3 rings (SSSR count). The summed E-state index contributed by atoms with van der Waals surface area (Å²) in [6.45, 7) is 3.68. The van der Waals surface area contributed by atoms with Crippen LogP contribution in [-0.4, -0.2) is 23.2 Å². The minimum Gasteiger partial charge on any atom is -0.496 e. The van der Waals surface area contributed by atoms with Gasteiger partial charge in [0, 0.05) is 5.92 Å². The number of hydrogen-bond acceptors (Lipinski definition) is 5. The number of amides is 1. The lowest BCUT2D eigenvalue weighted by atomic mass is 10.1. The van der Waals surface area contributed by atoms with Crippen LogP contribution in [0.25, 0.3) is 22.8 Å². The zero-order valence-electron chi connectivity index (χ0n) is 14.3. The number of rotatable bonds is 5. The zero-order valence-corrected chi connectivity index (χ0v) is 14.3. The number of ether oxygens (including phenoxy) is 1. The highest BCUT2D eigenvalue weighted by Crippen LogP contribution is 2.31. The lowest BCUT2D eigenvalue weighted by Gasteiger charge is -2.10. The van der Waals surface area contributed by atoms with E-state index in [-0.39, 0.29) is 11.8 Å². The summed E-state index contributed by atoms with van der Waals surface area (Å²) in [6.07, 6.45) is 0. The monoisotopic (exact) mass is 337 g/mol. The predicted octanol–water partition coefficient (Wildman–Crippen LogP) is 4.01. The second-order valence-corrected chi connectivity index (χ2v) is 5.81. The van der Waals surface area contributed by atoms with Crippen molar-refractivity contribution < 1.29 is 14.1 Å². The van der Waals surface area contributed by atoms with Gasteiger partial charge >= 0.3 is 0 Å². The van der Waals surface area contributed by atoms with E-state index < -0.39 is 0 Å². The van der Waals surface area contributed by atoms with E-state index in [0.29, 0.717) is 28.7 Å². The first-order valence-electron chi connectivity index (χ1n) is 7.97. The van der Waals surface area contributed by atoms with Gasteiger partial charge < -0.3 is 14.6 Å². The molecule has 2 aromatic carbocycles. The molecular weight excluding hydrogens is 318 g/mol. The predicted molar refractivity (Wildman–Crippen MR) is 95.2 cm³/mol. The number of para-hydroxylation sites is 2. The Balaban J connectivity index is 1.97. The second-order valence-electron chi connectivity index (χ2n) is 5.81. The van der Waals surface area contributed by atoms with E-state index in [1.165, 1.54) is 0 Å². The Morgan fingerprint density at radius 2 is 1.76 bits per heavy atom. The molecule has 0 bridgehead atoms. The number of nitrogens with zero attached hydrogens (tertiary/aromatic N) is 2. The Morgan fingerprint density at radius 3 is 2.48 bits per heavy atom. The highest BCUT2D eigenvalue weighted by atomic mass is 16.5. The van der Waals surface area contributed by atoms with Crippen molar-refractivity contribution in [2.75, 3.05) is 12.4 Å². The number of aromatic nitrogens is 2. The van der Waals surface area contributed by atoms with Crippen molar-refractivity contribution >= 4 is 11.6 Å². The number of anilines is 1.